The van der Waals surface area contributed by atoms with E-state index in [1.165, 1.54) is 5.56 Å². The fraction of sp³-hybridized carbons (Fsp3) is 0.278. The molecule has 0 aliphatic rings. The summed E-state index contributed by atoms with van der Waals surface area (Å²) in [6.45, 7) is 8.10. The first-order chi connectivity index (χ1) is 9.86. The average molecular weight is 346 g/mol. The van der Waals surface area contributed by atoms with Gasteiger partial charge >= 0.3 is 0 Å². The molecule has 0 saturated heterocycles. The molecule has 0 spiro atoms. The summed E-state index contributed by atoms with van der Waals surface area (Å²) < 4.78 is 1.03. The molecule has 0 fully saturated rings. The second kappa shape index (κ2) is 6.44. The van der Waals surface area contributed by atoms with Crippen LogP contribution < -0.4 is 5.32 Å². The van der Waals surface area contributed by atoms with Gasteiger partial charge in [0, 0.05) is 10.2 Å². The van der Waals surface area contributed by atoms with Crippen LogP contribution in [0.1, 0.15) is 27.8 Å². The smallest absolute Gasteiger partial charge is 0.228 e. The number of carbonyl (C=O) groups is 1. The lowest BCUT2D eigenvalue weighted by Crippen LogP contribution is -2.16. The van der Waals surface area contributed by atoms with Crippen molar-refractivity contribution < 1.29 is 4.79 Å². The number of amides is 1. The van der Waals surface area contributed by atoms with Gasteiger partial charge in [0.1, 0.15) is 0 Å². The van der Waals surface area contributed by atoms with Crippen molar-refractivity contribution in [3.63, 3.8) is 0 Å². The Bertz CT molecular complexity index is 669. The number of halogens is 1. The van der Waals surface area contributed by atoms with E-state index in [4.69, 9.17) is 0 Å². The molecule has 2 rings (SSSR count). The van der Waals surface area contributed by atoms with Crippen LogP contribution in [0, 0.1) is 27.7 Å². The maximum absolute atomic E-state index is 12.3. The molecular weight excluding hydrogens is 326 g/mol. The van der Waals surface area contributed by atoms with Gasteiger partial charge in [0.05, 0.1) is 6.42 Å². The van der Waals surface area contributed by atoms with Gasteiger partial charge in [-0.3, -0.25) is 4.79 Å². The van der Waals surface area contributed by atoms with Gasteiger partial charge in [-0.05, 0) is 62.1 Å². The Morgan fingerprint density at radius 3 is 2.24 bits per heavy atom. The molecule has 2 aromatic carbocycles. The lowest BCUT2D eigenvalue weighted by molar-refractivity contribution is -0.115. The monoisotopic (exact) mass is 345 g/mol. The Morgan fingerprint density at radius 2 is 1.62 bits per heavy atom. The number of hydrogen-bond acceptors (Lipinski definition) is 1. The van der Waals surface area contributed by atoms with Gasteiger partial charge in [-0.1, -0.05) is 39.7 Å². The zero-order valence-corrected chi connectivity index (χ0v) is 14.5. The van der Waals surface area contributed by atoms with Crippen LogP contribution >= 0.6 is 15.9 Å². The van der Waals surface area contributed by atoms with Crippen LogP contribution in [-0.4, -0.2) is 5.91 Å². The van der Waals surface area contributed by atoms with Gasteiger partial charge in [0.2, 0.25) is 5.91 Å². The molecule has 1 N–H and O–H groups in total. The van der Waals surface area contributed by atoms with Crippen LogP contribution in [0.5, 0.6) is 0 Å². The second-order valence-corrected chi connectivity index (χ2v) is 6.49. The number of rotatable bonds is 3. The summed E-state index contributed by atoms with van der Waals surface area (Å²) >= 11 is 3.47. The van der Waals surface area contributed by atoms with E-state index in [0.717, 1.165) is 32.4 Å². The molecule has 0 aliphatic heterocycles. The minimum Gasteiger partial charge on any atom is -0.325 e. The molecule has 110 valence electrons. The third-order valence-electron chi connectivity index (χ3n) is 3.62. The van der Waals surface area contributed by atoms with Crippen LogP contribution in [0.4, 0.5) is 5.69 Å². The fourth-order valence-corrected chi connectivity index (χ4v) is 3.14. The number of anilines is 1. The Balaban J connectivity index is 2.17. The van der Waals surface area contributed by atoms with E-state index in [0.29, 0.717) is 6.42 Å². The van der Waals surface area contributed by atoms with Gasteiger partial charge in [-0.2, -0.15) is 0 Å². The molecule has 21 heavy (non-hydrogen) atoms. The number of benzene rings is 2. The summed E-state index contributed by atoms with van der Waals surface area (Å²) in [7, 11) is 0. The molecule has 0 saturated carbocycles. The standard InChI is InChI=1S/C18H20BrNO/c1-11-5-6-12(2)15(7-11)10-17(21)20-18-13(3)8-16(19)9-14(18)4/h5-9H,10H2,1-4H3,(H,20,21). The third-order valence-corrected chi connectivity index (χ3v) is 4.08. The highest BCUT2D eigenvalue weighted by Crippen LogP contribution is 2.25. The maximum Gasteiger partial charge on any atom is 0.228 e. The quantitative estimate of drug-likeness (QED) is 0.845. The number of aryl methyl sites for hydroxylation is 4. The lowest BCUT2D eigenvalue weighted by atomic mass is 10.0. The van der Waals surface area contributed by atoms with E-state index in [1.807, 2.05) is 39.8 Å². The Hall–Kier alpha value is -1.61. The second-order valence-electron chi connectivity index (χ2n) is 5.57. The topological polar surface area (TPSA) is 29.1 Å². The van der Waals surface area contributed by atoms with Crippen LogP contribution in [0.15, 0.2) is 34.8 Å². The molecule has 0 aromatic heterocycles. The fourth-order valence-electron chi connectivity index (χ4n) is 2.46. The summed E-state index contributed by atoms with van der Waals surface area (Å²) in [4.78, 5) is 12.3. The number of nitrogens with one attached hydrogen (secondary N) is 1. The highest BCUT2D eigenvalue weighted by Gasteiger charge is 2.10. The van der Waals surface area contributed by atoms with Gasteiger partial charge in [-0.15, -0.1) is 0 Å². The van der Waals surface area contributed by atoms with Crippen molar-refractivity contribution in [3.8, 4) is 0 Å². The summed E-state index contributed by atoms with van der Waals surface area (Å²) in [5.41, 5.74) is 6.46. The van der Waals surface area contributed by atoms with Crippen LogP contribution in [-0.2, 0) is 11.2 Å². The van der Waals surface area contributed by atoms with Gasteiger partial charge in [0.15, 0.2) is 0 Å². The largest absolute Gasteiger partial charge is 0.325 e. The molecule has 0 aliphatic carbocycles. The van der Waals surface area contributed by atoms with E-state index in [1.54, 1.807) is 0 Å². The highest BCUT2D eigenvalue weighted by atomic mass is 79.9. The van der Waals surface area contributed by atoms with Crippen LogP contribution in [0.3, 0.4) is 0 Å². The number of carbonyl (C=O) groups excluding carboxylic acids is 1. The van der Waals surface area contributed by atoms with Crippen molar-refractivity contribution in [2.75, 3.05) is 5.32 Å². The first-order valence-electron chi connectivity index (χ1n) is 6.99. The van der Waals surface area contributed by atoms with Crippen molar-refractivity contribution in [1.29, 1.82) is 0 Å². The van der Waals surface area contributed by atoms with Crippen molar-refractivity contribution in [1.82, 2.24) is 0 Å². The predicted molar refractivity (Wildman–Crippen MR) is 91.9 cm³/mol. The highest BCUT2D eigenvalue weighted by molar-refractivity contribution is 9.10. The molecule has 0 unspecified atom stereocenters. The zero-order valence-electron chi connectivity index (χ0n) is 12.9. The van der Waals surface area contributed by atoms with E-state index in [-0.39, 0.29) is 5.91 Å². The number of hydrogen-bond donors (Lipinski definition) is 1. The van der Waals surface area contributed by atoms with E-state index in [2.05, 4.69) is 39.4 Å². The molecule has 3 heteroatoms. The van der Waals surface area contributed by atoms with E-state index in [9.17, 15) is 4.79 Å². The zero-order chi connectivity index (χ0) is 15.6. The van der Waals surface area contributed by atoms with Crippen molar-refractivity contribution in [2.45, 2.75) is 34.1 Å². The molecule has 0 bridgehead atoms. The van der Waals surface area contributed by atoms with Gasteiger partial charge < -0.3 is 5.32 Å². The Kier molecular flexibility index (Phi) is 4.84. The van der Waals surface area contributed by atoms with E-state index >= 15 is 0 Å². The normalized spacial score (nSPS) is 10.5. The SMILES string of the molecule is Cc1ccc(C)c(CC(=O)Nc2c(C)cc(Br)cc2C)c1. The Labute approximate surface area is 134 Å². The average Bonchev–Trinajstić information content (AvgIpc) is 2.38. The summed E-state index contributed by atoms with van der Waals surface area (Å²) in [6.07, 6.45) is 0.405. The van der Waals surface area contributed by atoms with Crippen molar-refractivity contribution in [2.24, 2.45) is 0 Å². The first-order valence-corrected chi connectivity index (χ1v) is 7.79. The molecule has 1 amide bonds. The summed E-state index contributed by atoms with van der Waals surface area (Å²) in [5.74, 6) is 0.0252. The van der Waals surface area contributed by atoms with Crippen LogP contribution in [0.25, 0.3) is 0 Å². The molecular formula is C18H20BrNO. The minimum absolute atomic E-state index is 0.0252. The molecule has 2 aromatic rings. The summed E-state index contributed by atoms with van der Waals surface area (Å²) in [6, 6.07) is 10.2. The van der Waals surface area contributed by atoms with E-state index < -0.39 is 0 Å². The van der Waals surface area contributed by atoms with Crippen LogP contribution in [0.2, 0.25) is 0 Å². The maximum atomic E-state index is 12.3. The molecule has 0 heterocycles. The Morgan fingerprint density at radius 1 is 1.00 bits per heavy atom. The lowest BCUT2D eigenvalue weighted by Gasteiger charge is -2.13. The van der Waals surface area contributed by atoms with Gasteiger partial charge in [-0.25, -0.2) is 0 Å². The van der Waals surface area contributed by atoms with Crippen molar-refractivity contribution >= 4 is 27.5 Å². The molecule has 0 atom stereocenters. The van der Waals surface area contributed by atoms with Gasteiger partial charge in [0.25, 0.3) is 0 Å². The van der Waals surface area contributed by atoms with Crippen molar-refractivity contribution in [3.05, 3.63) is 62.6 Å². The summed E-state index contributed by atoms with van der Waals surface area (Å²) in [5, 5.41) is 3.04. The predicted octanol–water partition coefficient (Wildman–Crippen LogP) is 4.86. The first kappa shape index (κ1) is 15.8. The third kappa shape index (κ3) is 3.94. The molecule has 0 radical (unpaired) electrons. The minimum atomic E-state index is 0.0252. The molecule has 2 nitrogen and oxygen atoms in total.